The Morgan fingerprint density at radius 3 is 2.77 bits per heavy atom. The number of nitrogens with zero attached hydrogens (tertiary/aromatic N) is 1. The van der Waals surface area contributed by atoms with Crippen molar-refractivity contribution in [3.05, 3.63) is 49.9 Å². The number of pyridine rings is 1. The van der Waals surface area contributed by atoms with Crippen LogP contribution in [0.25, 0.3) is 0 Å². The molecule has 0 bridgehead atoms. The quantitative estimate of drug-likeness (QED) is 0.781. The predicted octanol–water partition coefficient (Wildman–Crippen LogP) is 3.81. The largest absolute Gasteiger partial charge is 0.368 e. The minimum Gasteiger partial charge on any atom is -0.368 e. The van der Waals surface area contributed by atoms with E-state index in [1.165, 1.54) is 16.0 Å². The van der Waals surface area contributed by atoms with Crippen LogP contribution in [0, 0.1) is 6.92 Å². The number of aryl methyl sites for hydroxylation is 1. The molecule has 0 N–H and O–H groups in total. The van der Waals surface area contributed by atoms with Crippen LogP contribution < -0.4 is 0 Å². The van der Waals surface area contributed by atoms with E-state index in [0.29, 0.717) is 25.0 Å². The molecule has 0 aliphatic carbocycles. The molecule has 22 heavy (non-hydrogen) atoms. The second kappa shape index (κ2) is 5.91. The fourth-order valence-electron chi connectivity index (χ4n) is 2.98. The van der Waals surface area contributed by atoms with Gasteiger partial charge in [0.05, 0.1) is 24.7 Å². The molecule has 116 valence electrons. The van der Waals surface area contributed by atoms with E-state index in [2.05, 4.69) is 18.0 Å². The molecule has 4 heterocycles. The zero-order chi connectivity index (χ0) is 15.1. The molecule has 2 aliphatic rings. The van der Waals surface area contributed by atoms with Crippen molar-refractivity contribution < 1.29 is 14.2 Å². The van der Waals surface area contributed by atoms with Crippen LogP contribution in [0.4, 0.5) is 0 Å². The van der Waals surface area contributed by atoms with Gasteiger partial charge in [-0.05, 0) is 42.2 Å². The summed E-state index contributed by atoms with van der Waals surface area (Å²) in [5.74, 6) is 0. The standard InChI is InChI=1S/C16H16ClNO3S/c1-9-11(6-13(22-9)16-20-4-5-21-16)15-12-7-14(17)18-8-10(12)2-3-19-15/h6-8,15-16H,2-5H2,1H3. The number of ether oxygens (including phenoxy) is 3. The fourth-order valence-corrected chi connectivity index (χ4v) is 4.20. The van der Waals surface area contributed by atoms with Crippen LogP contribution >= 0.6 is 22.9 Å². The van der Waals surface area contributed by atoms with Crippen molar-refractivity contribution in [2.45, 2.75) is 25.7 Å². The average molecular weight is 338 g/mol. The van der Waals surface area contributed by atoms with E-state index in [1.807, 2.05) is 12.3 Å². The summed E-state index contributed by atoms with van der Waals surface area (Å²) < 4.78 is 17.2. The van der Waals surface area contributed by atoms with E-state index < -0.39 is 0 Å². The van der Waals surface area contributed by atoms with E-state index >= 15 is 0 Å². The summed E-state index contributed by atoms with van der Waals surface area (Å²) >= 11 is 7.78. The summed E-state index contributed by atoms with van der Waals surface area (Å²) in [6.07, 6.45) is 2.41. The van der Waals surface area contributed by atoms with E-state index in [0.717, 1.165) is 16.9 Å². The second-order valence-electron chi connectivity index (χ2n) is 5.44. The van der Waals surface area contributed by atoms with Crippen molar-refractivity contribution in [1.29, 1.82) is 0 Å². The maximum atomic E-state index is 6.07. The molecule has 4 nitrogen and oxygen atoms in total. The first-order valence-corrected chi connectivity index (χ1v) is 8.51. The van der Waals surface area contributed by atoms with E-state index in [4.69, 9.17) is 25.8 Å². The molecule has 2 aliphatic heterocycles. The summed E-state index contributed by atoms with van der Waals surface area (Å²) in [6.45, 7) is 4.11. The molecule has 0 saturated carbocycles. The van der Waals surface area contributed by atoms with Gasteiger partial charge in [0.2, 0.25) is 0 Å². The van der Waals surface area contributed by atoms with Gasteiger partial charge in [-0.15, -0.1) is 11.3 Å². The first-order chi connectivity index (χ1) is 10.7. The minimum atomic E-state index is -0.235. The molecule has 2 aromatic rings. The summed E-state index contributed by atoms with van der Waals surface area (Å²) in [7, 11) is 0. The summed E-state index contributed by atoms with van der Waals surface area (Å²) in [4.78, 5) is 6.50. The molecule has 0 aromatic carbocycles. The predicted molar refractivity (Wildman–Crippen MR) is 84.4 cm³/mol. The highest BCUT2D eigenvalue weighted by Gasteiger charge is 2.28. The molecule has 1 unspecified atom stereocenters. The zero-order valence-electron chi connectivity index (χ0n) is 12.2. The Hall–Kier alpha value is -0.980. The molecule has 0 amide bonds. The van der Waals surface area contributed by atoms with E-state index in [-0.39, 0.29) is 12.4 Å². The Morgan fingerprint density at radius 1 is 1.14 bits per heavy atom. The van der Waals surface area contributed by atoms with Crippen molar-refractivity contribution in [2.75, 3.05) is 19.8 Å². The number of fused-ring (bicyclic) bond motifs is 1. The lowest BCUT2D eigenvalue weighted by Crippen LogP contribution is -2.17. The van der Waals surface area contributed by atoms with Gasteiger partial charge in [0.1, 0.15) is 11.3 Å². The molecule has 1 atom stereocenters. The topological polar surface area (TPSA) is 40.6 Å². The monoisotopic (exact) mass is 337 g/mol. The highest BCUT2D eigenvalue weighted by molar-refractivity contribution is 7.12. The number of halogens is 1. The van der Waals surface area contributed by atoms with Crippen LogP contribution in [0.15, 0.2) is 18.3 Å². The van der Waals surface area contributed by atoms with Gasteiger partial charge < -0.3 is 14.2 Å². The third-order valence-corrected chi connectivity index (χ3v) is 5.33. The SMILES string of the molecule is Cc1sc(C2OCCO2)cc1C1OCCc2cnc(Cl)cc21. The van der Waals surface area contributed by atoms with E-state index in [9.17, 15) is 0 Å². The van der Waals surface area contributed by atoms with Gasteiger partial charge in [-0.1, -0.05) is 11.6 Å². The smallest absolute Gasteiger partial charge is 0.193 e. The molecule has 1 fully saturated rings. The van der Waals surface area contributed by atoms with Crippen molar-refractivity contribution in [3.63, 3.8) is 0 Å². The summed E-state index contributed by atoms with van der Waals surface area (Å²) in [6, 6.07) is 4.06. The fraction of sp³-hybridized carbons (Fsp3) is 0.438. The van der Waals surface area contributed by atoms with Crippen molar-refractivity contribution >= 4 is 22.9 Å². The molecule has 0 spiro atoms. The second-order valence-corrected chi connectivity index (χ2v) is 7.12. The number of hydrogen-bond acceptors (Lipinski definition) is 5. The van der Waals surface area contributed by atoms with Gasteiger partial charge in [-0.25, -0.2) is 4.98 Å². The summed E-state index contributed by atoms with van der Waals surface area (Å²) in [5, 5.41) is 0.504. The number of thiophene rings is 1. The minimum absolute atomic E-state index is 0.0874. The number of hydrogen-bond donors (Lipinski definition) is 0. The van der Waals surface area contributed by atoms with Gasteiger partial charge >= 0.3 is 0 Å². The third kappa shape index (κ3) is 2.57. The van der Waals surface area contributed by atoms with Crippen molar-refractivity contribution in [1.82, 2.24) is 4.98 Å². The molecular weight excluding hydrogens is 322 g/mol. The maximum Gasteiger partial charge on any atom is 0.193 e. The Balaban J connectivity index is 1.72. The van der Waals surface area contributed by atoms with E-state index in [1.54, 1.807) is 11.3 Å². The molecule has 6 heteroatoms. The van der Waals surface area contributed by atoms with Crippen LogP contribution in [0.3, 0.4) is 0 Å². The third-order valence-electron chi connectivity index (χ3n) is 4.04. The first kappa shape index (κ1) is 14.6. The Bertz CT molecular complexity index is 697. The highest BCUT2D eigenvalue weighted by Crippen LogP contribution is 2.40. The van der Waals surface area contributed by atoms with Crippen LogP contribution in [0.5, 0.6) is 0 Å². The van der Waals surface area contributed by atoms with Crippen LogP contribution in [0.2, 0.25) is 5.15 Å². The lowest BCUT2D eigenvalue weighted by Gasteiger charge is -2.26. The van der Waals surface area contributed by atoms with Crippen LogP contribution in [0.1, 0.15) is 38.8 Å². The maximum absolute atomic E-state index is 6.07. The molecule has 0 radical (unpaired) electrons. The Morgan fingerprint density at radius 2 is 1.95 bits per heavy atom. The van der Waals surface area contributed by atoms with Crippen LogP contribution in [-0.2, 0) is 20.6 Å². The lowest BCUT2D eigenvalue weighted by molar-refractivity contribution is -0.0414. The first-order valence-electron chi connectivity index (χ1n) is 7.32. The molecule has 1 saturated heterocycles. The zero-order valence-corrected chi connectivity index (χ0v) is 13.7. The van der Waals surface area contributed by atoms with Crippen molar-refractivity contribution in [2.24, 2.45) is 0 Å². The van der Waals surface area contributed by atoms with Gasteiger partial charge in [0.15, 0.2) is 6.29 Å². The van der Waals surface area contributed by atoms with Crippen LogP contribution in [-0.4, -0.2) is 24.8 Å². The normalized spacial score (nSPS) is 22.0. The Labute approximate surface area is 138 Å². The lowest BCUT2D eigenvalue weighted by atomic mass is 9.95. The highest BCUT2D eigenvalue weighted by atomic mass is 35.5. The van der Waals surface area contributed by atoms with Gasteiger partial charge in [0, 0.05) is 11.1 Å². The number of rotatable bonds is 2. The summed E-state index contributed by atoms with van der Waals surface area (Å²) in [5.41, 5.74) is 3.50. The molecule has 2 aromatic heterocycles. The number of aromatic nitrogens is 1. The van der Waals surface area contributed by atoms with Gasteiger partial charge in [-0.2, -0.15) is 0 Å². The van der Waals surface area contributed by atoms with Gasteiger partial charge in [-0.3, -0.25) is 0 Å². The molecular formula is C16H16ClNO3S. The van der Waals surface area contributed by atoms with Gasteiger partial charge in [0.25, 0.3) is 0 Å². The van der Waals surface area contributed by atoms with Crippen molar-refractivity contribution in [3.8, 4) is 0 Å². The Kier molecular flexibility index (Phi) is 3.92. The molecule has 4 rings (SSSR count). The average Bonchev–Trinajstić information content (AvgIpc) is 3.16.